The minimum atomic E-state index is 0. The van der Waals surface area contributed by atoms with Gasteiger partial charge in [-0.2, -0.15) is 0 Å². The molecule has 134 valence electrons. The van der Waals surface area contributed by atoms with Gasteiger partial charge in [-0.15, -0.1) is 12.4 Å². The second-order valence-corrected chi connectivity index (χ2v) is 7.54. The molecule has 1 heterocycles. The number of halogens is 1. The molecule has 0 radical (unpaired) electrons. The zero-order valence-corrected chi connectivity index (χ0v) is 15.6. The highest BCUT2D eigenvalue weighted by Gasteiger charge is 2.37. The van der Waals surface area contributed by atoms with Crippen molar-refractivity contribution in [3.63, 3.8) is 0 Å². The van der Waals surface area contributed by atoms with E-state index in [1.807, 2.05) is 0 Å². The van der Waals surface area contributed by atoms with Crippen molar-refractivity contribution in [2.24, 2.45) is 11.1 Å². The van der Waals surface area contributed by atoms with Crippen LogP contribution in [-0.4, -0.2) is 23.9 Å². The van der Waals surface area contributed by atoms with Crippen molar-refractivity contribution in [1.82, 2.24) is 4.90 Å². The lowest BCUT2D eigenvalue weighted by Gasteiger charge is -2.38. The second-order valence-electron chi connectivity index (χ2n) is 7.54. The van der Waals surface area contributed by atoms with E-state index >= 15 is 0 Å². The number of nitrogens with two attached hydrogens (primary N) is 1. The number of hydrogen-bond donors (Lipinski definition) is 1. The molecule has 1 unspecified atom stereocenters. The van der Waals surface area contributed by atoms with E-state index in [-0.39, 0.29) is 23.9 Å². The first-order valence-electron chi connectivity index (χ1n) is 9.20. The molecule has 1 aliphatic heterocycles. The van der Waals surface area contributed by atoms with E-state index in [2.05, 4.69) is 36.1 Å². The first kappa shape index (κ1) is 19.3. The van der Waals surface area contributed by atoms with E-state index in [9.17, 15) is 4.79 Å². The lowest BCUT2D eigenvalue weighted by atomic mass is 9.71. The van der Waals surface area contributed by atoms with Crippen molar-refractivity contribution in [3.8, 4) is 0 Å². The van der Waals surface area contributed by atoms with Crippen LogP contribution >= 0.6 is 12.4 Å². The summed E-state index contributed by atoms with van der Waals surface area (Å²) in [6, 6.07) is 8.77. The SMILES string of the molecule is Cc1ccccc1C1CCCN1C(=O)CC1(CN)CCCCC1.Cl. The smallest absolute Gasteiger partial charge is 0.223 e. The lowest BCUT2D eigenvalue weighted by molar-refractivity contribution is -0.135. The molecule has 1 aromatic rings. The number of likely N-dealkylation sites (tertiary alicyclic amines) is 1. The number of amides is 1. The fourth-order valence-electron chi connectivity index (χ4n) is 4.53. The monoisotopic (exact) mass is 350 g/mol. The van der Waals surface area contributed by atoms with Crippen LogP contribution in [0.2, 0.25) is 0 Å². The summed E-state index contributed by atoms with van der Waals surface area (Å²) in [6.07, 6.45) is 8.84. The van der Waals surface area contributed by atoms with Gasteiger partial charge in [0.15, 0.2) is 0 Å². The zero-order valence-electron chi connectivity index (χ0n) is 14.8. The Morgan fingerprint density at radius 2 is 1.92 bits per heavy atom. The highest BCUT2D eigenvalue weighted by atomic mass is 35.5. The molecule has 2 N–H and O–H groups in total. The van der Waals surface area contributed by atoms with Gasteiger partial charge < -0.3 is 10.6 Å². The van der Waals surface area contributed by atoms with E-state index in [0.717, 1.165) is 32.2 Å². The summed E-state index contributed by atoms with van der Waals surface area (Å²) in [5, 5.41) is 0. The summed E-state index contributed by atoms with van der Waals surface area (Å²) >= 11 is 0. The zero-order chi connectivity index (χ0) is 16.3. The minimum Gasteiger partial charge on any atom is -0.336 e. The van der Waals surface area contributed by atoms with Gasteiger partial charge in [0.05, 0.1) is 6.04 Å². The van der Waals surface area contributed by atoms with E-state index in [1.165, 1.54) is 30.4 Å². The van der Waals surface area contributed by atoms with Crippen molar-refractivity contribution in [1.29, 1.82) is 0 Å². The molecule has 0 spiro atoms. The van der Waals surface area contributed by atoms with E-state index in [0.29, 0.717) is 18.9 Å². The quantitative estimate of drug-likeness (QED) is 0.875. The van der Waals surface area contributed by atoms with Crippen molar-refractivity contribution in [3.05, 3.63) is 35.4 Å². The predicted octanol–water partition coefficient (Wildman–Crippen LogP) is 4.38. The summed E-state index contributed by atoms with van der Waals surface area (Å²) in [4.78, 5) is 15.2. The number of aryl methyl sites for hydroxylation is 1. The molecule has 1 amide bonds. The minimum absolute atomic E-state index is 0. The van der Waals surface area contributed by atoms with Gasteiger partial charge in [0.1, 0.15) is 0 Å². The Morgan fingerprint density at radius 1 is 1.21 bits per heavy atom. The number of hydrogen-bond acceptors (Lipinski definition) is 2. The third-order valence-electron chi connectivity index (χ3n) is 5.99. The fourth-order valence-corrected chi connectivity index (χ4v) is 4.53. The van der Waals surface area contributed by atoms with Crippen LogP contribution in [0.15, 0.2) is 24.3 Å². The average Bonchev–Trinajstić information content (AvgIpc) is 3.05. The molecule has 1 aromatic carbocycles. The first-order valence-corrected chi connectivity index (χ1v) is 9.20. The second kappa shape index (κ2) is 8.35. The molecular weight excluding hydrogens is 320 g/mol. The Balaban J connectivity index is 0.00000208. The van der Waals surface area contributed by atoms with Crippen LogP contribution in [0.5, 0.6) is 0 Å². The van der Waals surface area contributed by atoms with Crippen molar-refractivity contribution >= 4 is 18.3 Å². The molecule has 0 aromatic heterocycles. The topological polar surface area (TPSA) is 46.3 Å². The van der Waals surface area contributed by atoms with Gasteiger partial charge >= 0.3 is 0 Å². The highest BCUT2D eigenvalue weighted by molar-refractivity contribution is 5.85. The van der Waals surface area contributed by atoms with Crippen molar-refractivity contribution in [2.45, 2.75) is 64.3 Å². The van der Waals surface area contributed by atoms with Crippen LogP contribution in [0.4, 0.5) is 0 Å². The normalized spacial score (nSPS) is 22.9. The highest BCUT2D eigenvalue weighted by Crippen LogP contribution is 2.41. The Hall–Kier alpha value is -1.06. The number of nitrogens with zero attached hydrogens (tertiary/aromatic N) is 1. The standard InChI is InChI=1S/C20H30N2O.ClH/c1-16-8-3-4-9-17(16)18-10-7-13-22(18)19(23)14-20(15-21)11-5-2-6-12-20;/h3-4,8-9,18H,2,5-7,10-15,21H2,1H3;1H. The van der Waals surface area contributed by atoms with Gasteiger partial charge in [-0.25, -0.2) is 0 Å². The molecule has 3 rings (SSSR count). The molecule has 0 bridgehead atoms. The summed E-state index contributed by atoms with van der Waals surface area (Å²) in [6.45, 7) is 3.71. The van der Waals surface area contributed by atoms with E-state index < -0.39 is 0 Å². The van der Waals surface area contributed by atoms with Gasteiger partial charge in [-0.1, -0.05) is 43.5 Å². The molecule has 3 nitrogen and oxygen atoms in total. The molecule has 1 saturated carbocycles. The number of carbonyl (C=O) groups excluding carboxylic acids is 1. The van der Waals surface area contributed by atoms with Crippen LogP contribution in [-0.2, 0) is 4.79 Å². The Bertz CT molecular complexity index is 554. The largest absolute Gasteiger partial charge is 0.336 e. The van der Waals surface area contributed by atoms with Gasteiger partial charge in [0.2, 0.25) is 5.91 Å². The third-order valence-corrected chi connectivity index (χ3v) is 5.99. The summed E-state index contributed by atoms with van der Waals surface area (Å²) in [5.74, 6) is 0.322. The third kappa shape index (κ3) is 3.94. The van der Waals surface area contributed by atoms with Crippen molar-refractivity contribution in [2.75, 3.05) is 13.1 Å². The Labute approximate surface area is 152 Å². The van der Waals surface area contributed by atoms with E-state index in [4.69, 9.17) is 5.73 Å². The van der Waals surface area contributed by atoms with Gasteiger partial charge in [-0.05, 0) is 55.7 Å². The molecule has 1 atom stereocenters. The van der Waals surface area contributed by atoms with Gasteiger partial charge in [-0.3, -0.25) is 4.79 Å². The number of benzene rings is 1. The molecular formula is C20H31ClN2O. The molecule has 2 fully saturated rings. The summed E-state index contributed by atoms with van der Waals surface area (Å²) < 4.78 is 0. The van der Waals surface area contributed by atoms with Crippen LogP contribution in [0, 0.1) is 12.3 Å². The van der Waals surface area contributed by atoms with Crippen LogP contribution in [0.3, 0.4) is 0 Å². The van der Waals surface area contributed by atoms with Crippen molar-refractivity contribution < 1.29 is 4.79 Å². The molecule has 24 heavy (non-hydrogen) atoms. The number of carbonyl (C=O) groups is 1. The molecule has 1 saturated heterocycles. The maximum absolute atomic E-state index is 13.0. The fraction of sp³-hybridized carbons (Fsp3) is 0.650. The lowest BCUT2D eigenvalue weighted by Crippen LogP contribution is -2.40. The molecule has 1 aliphatic carbocycles. The first-order chi connectivity index (χ1) is 11.2. The summed E-state index contributed by atoms with van der Waals surface area (Å²) in [7, 11) is 0. The van der Waals surface area contributed by atoms with Crippen LogP contribution < -0.4 is 5.73 Å². The Morgan fingerprint density at radius 3 is 2.58 bits per heavy atom. The van der Waals surface area contributed by atoms with Gasteiger partial charge in [0.25, 0.3) is 0 Å². The maximum Gasteiger partial charge on any atom is 0.223 e. The van der Waals surface area contributed by atoms with Crippen LogP contribution in [0.25, 0.3) is 0 Å². The molecule has 2 aliphatic rings. The molecule has 4 heteroatoms. The summed E-state index contributed by atoms with van der Waals surface area (Å²) in [5.41, 5.74) is 8.77. The maximum atomic E-state index is 13.0. The van der Waals surface area contributed by atoms with Crippen LogP contribution in [0.1, 0.15) is 68.5 Å². The van der Waals surface area contributed by atoms with Gasteiger partial charge in [0, 0.05) is 13.0 Å². The van der Waals surface area contributed by atoms with E-state index in [1.54, 1.807) is 0 Å². The predicted molar refractivity (Wildman–Crippen MR) is 101 cm³/mol. The Kier molecular flexibility index (Phi) is 6.70. The number of rotatable bonds is 4. The average molecular weight is 351 g/mol.